The number of allylic oxidation sites excluding steroid dienone is 7. The van der Waals surface area contributed by atoms with Crippen molar-refractivity contribution in [2.75, 3.05) is 13.2 Å². The summed E-state index contributed by atoms with van der Waals surface area (Å²) >= 11 is 0. The number of aliphatic hydroxyl groups excluding tert-OH is 4. The molecule has 0 radical (unpaired) electrons. The van der Waals surface area contributed by atoms with E-state index in [0.717, 1.165) is 31.6 Å². The van der Waals surface area contributed by atoms with Crippen molar-refractivity contribution in [3.8, 4) is 0 Å². The van der Waals surface area contributed by atoms with Crippen LogP contribution in [0.4, 0.5) is 0 Å². The molecule has 0 amide bonds. The highest BCUT2D eigenvalue weighted by Gasteiger charge is 2.15. The van der Waals surface area contributed by atoms with Gasteiger partial charge in [-0.15, -0.1) is 0 Å². The third-order valence-electron chi connectivity index (χ3n) is 8.79. The summed E-state index contributed by atoms with van der Waals surface area (Å²) in [5.41, 5.74) is 0. The van der Waals surface area contributed by atoms with E-state index in [1.165, 1.54) is 89.5 Å². The number of unbranched alkanes of at least 4 members (excludes halogenated alkanes) is 14. The van der Waals surface area contributed by atoms with E-state index in [-0.39, 0.29) is 32.0 Å². The molecule has 0 rings (SSSR count). The number of carbonyl (C=O) groups excluding carboxylic acids is 2. The molecule has 0 fully saturated rings. The third-order valence-corrected chi connectivity index (χ3v) is 8.79. The van der Waals surface area contributed by atoms with Gasteiger partial charge in [0.15, 0.2) is 0 Å². The van der Waals surface area contributed by atoms with E-state index in [9.17, 15) is 30.0 Å². The van der Waals surface area contributed by atoms with Crippen molar-refractivity contribution in [3.63, 3.8) is 0 Å². The molecule has 4 atom stereocenters. The normalized spacial score (nSPS) is 14.8. The maximum atomic E-state index is 12.0. The number of hydrogen-bond donors (Lipinski definition) is 4. The highest BCUT2D eigenvalue weighted by Crippen LogP contribution is 2.15. The highest BCUT2D eigenvalue weighted by molar-refractivity contribution is 5.69. The maximum absolute atomic E-state index is 12.0. The molecular weight excluding hydrogens is 656 g/mol. The van der Waals surface area contributed by atoms with Gasteiger partial charge >= 0.3 is 11.9 Å². The Hall–Kier alpha value is -2.52. The van der Waals surface area contributed by atoms with Gasteiger partial charge in [0.1, 0.15) is 19.3 Å². The summed E-state index contributed by atoms with van der Waals surface area (Å²) in [5.74, 6) is -0.0463. The molecule has 8 heteroatoms. The van der Waals surface area contributed by atoms with Crippen LogP contribution in [0, 0.1) is 5.92 Å². The van der Waals surface area contributed by atoms with E-state index >= 15 is 0 Å². The van der Waals surface area contributed by atoms with Crippen LogP contribution in [-0.4, -0.2) is 70.0 Å². The number of carbonyl (C=O) groups is 2. The van der Waals surface area contributed by atoms with Gasteiger partial charge in [-0.25, -0.2) is 0 Å². The first-order valence-corrected chi connectivity index (χ1v) is 20.5. The Bertz CT molecular complexity index is 983. The second-order valence-corrected chi connectivity index (χ2v) is 14.4. The van der Waals surface area contributed by atoms with Gasteiger partial charge in [0.05, 0.1) is 18.3 Å². The molecular formula is C44H76O8. The van der Waals surface area contributed by atoms with Crippen molar-refractivity contribution in [2.24, 2.45) is 5.92 Å². The predicted molar refractivity (Wildman–Crippen MR) is 214 cm³/mol. The average Bonchev–Trinajstić information content (AvgIpc) is 3.11. The van der Waals surface area contributed by atoms with E-state index < -0.39 is 30.4 Å². The van der Waals surface area contributed by atoms with Gasteiger partial charge in [-0.1, -0.05) is 178 Å². The molecule has 0 saturated heterocycles. The summed E-state index contributed by atoms with van der Waals surface area (Å²) in [4.78, 5) is 24.0. The molecule has 0 aromatic heterocycles. The molecule has 0 heterocycles. The Morgan fingerprint density at radius 2 is 0.981 bits per heavy atom. The molecule has 52 heavy (non-hydrogen) atoms. The van der Waals surface area contributed by atoms with E-state index in [4.69, 9.17) is 9.47 Å². The first-order valence-electron chi connectivity index (χ1n) is 20.5. The van der Waals surface area contributed by atoms with Crippen LogP contribution in [0.2, 0.25) is 0 Å². The molecule has 0 aliphatic heterocycles. The van der Waals surface area contributed by atoms with Gasteiger partial charge in [-0.2, -0.15) is 0 Å². The fourth-order valence-corrected chi connectivity index (χ4v) is 5.55. The van der Waals surface area contributed by atoms with Crippen LogP contribution in [0.5, 0.6) is 0 Å². The van der Waals surface area contributed by atoms with E-state index in [0.29, 0.717) is 19.3 Å². The smallest absolute Gasteiger partial charge is 0.305 e. The van der Waals surface area contributed by atoms with Crippen LogP contribution in [-0.2, 0) is 19.1 Å². The fourth-order valence-electron chi connectivity index (χ4n) is 5.55. The van der Waals surface area contributed by atoms with Crippen molar-refractivity contribution in [1.82, 2.24) is 0 Å². The van der Waals surface area contributed by atoms with Crippen LogP contribution in [0.25, 0.3) is 0 Å². The zero-order valence-corrected chi connectivity index (χ0v) is 33.1. The summed E-state index contributed by atoms with van der Waals surface area (Å²) in [7, 11) is 0. The van der Waals surface area contributed by atoms with Crippen LogP contribution < -0.4 is 0 Å². The second kappa shape index (κ2) is 36.8. The summed E-state index contributed by atoms with van der Waals surface area (Å²) in [5, 5.41) is 40.1. The van der Waals surface area contributed by atoms with Crippen molar-refractivity contribution in [1.29, 1.82) is 0 Å². The van der Waals surface area contributed by atoms with Gasteiger partial charge in [0, 0.05) is 12.8 Å². The van der Waals surface area contributed by atoms with Gasteiger partial charge in [-0.3, -0.25) is 9.59 Å². The maximum Gasteiger partial charge on any atom is 0.305 e. The van der Waals surface area contributed by atoms with Crippen LogP contribution in [0.3, 0.4) is 0 Å². The quantitative estimate of drug-likeness (QED) is 0.0219. The molecule has 0 aliphatic carbocycles. The minimum Gasteiger partial charge on any atom is -0.463 e. The van der Waals surface area contributed by atoms with E-state index in [2.05, 4.69) is 13.8 Å². The number of esters is 2. The standard InChI is InChI=1S/C44H76O8/c1-4-5-23-30-39(45)31-25-20-17-18-21-26-32-41(47)42(48)33-28-35-44(50)52-37-40(46)36-51-43(49)34-27-22-16-14-12-10-8-6-7-9-11-13-15-19-24-29-38(2)3/h5,17-18,20-21,23,25-26,31-32,38-42,45-48H,4,6-16,19,22,24,27-30,33-37H2,1-3H3/b20-17+,21-18-,23-5-,31-25+,32-26-/t39-,40+,41+,42+/m1/s1. The number of hydrogen-bond acceptors (Lipinski definition) is 8. The summed E-state index contributed by atoms with van der Waals surface area (Å²) in [6.45, 7) is 6.16. The Morgan fingerprint density at radius 1 is 0.538 bits per heavy atom. The summed E-state index contributed by atoms with van der Waals surface area (Å²) < 4.78 is 10.2. The van der Waals surface area contributed by atoms with Crippen LogP contribution in [0.1, 0.15) is 162 Å². The molecule has 300 valence electrons. The van der Waals surface area contributed by atoms with E-state index in [1.807, 2.05) is 19.1 Å². The Morgan fingerprint density at radius 3 is 1.48 bits per heavy atom. The number of rotatable bonds is 35. The highest BCUT2D eigenvalue weighted by atomic mass is 16.6. The van der Waals surface area contributed by atoms with Crippen molar-refractivity contribution in [2.45, 2.75) is 186 Å². The third kappa shape index (κ3) is 35.9. The van der Waals surface area contributed by atoms with Gasteiger partial charge in [0.25, 0.3) is 0 Å². The summed E-state index contributed by atoms with van der Waals surface area (Å²) in [6, 6.07) is 0. The lowest BCUT2D eigenvalue weighted by molar-refractivity contribution is -0.152. The number of ether oxygens (including phenoxy) is 2. The van der Waals surface area contributed by atoms with Crippen molar-refractivity contribution < 1.29 is 39.5 Å². The topological polar surface area (TPSA) is 134 Å². The SMILES string of the molecule is CC/C=C\C[C@@H](O)/C=C/C=C/C=C\C=C/[C@H](O)[C@@H](O)CCCC(=O)OC[C@@H](O)COC(=O)CCCCCCCCCCCCCCCCCC(C)C. The molecule has 0 aromatic rings. The second-order valence-electron chi connectivity index (χ2n) is 14.4. The predicted octanol–water partition coefficient (Wildman–Crippen LogP) is 9.56. The summed E-state index contributed by atoms with van der Waals surface area (Å²) in [6.07, 6.45) is 36.6. The van der Waals surface area contributed by atoms with Gasteiger partial charge < -0.3 is 29.9 Å². The molecule has 0 unspecified atom stereocenters. The lowest BCUT2D eigenvalue weighted by Crippen LogP contribution is -2.26. The fraction of sp³-hybridized carbons (Fsp3) is 0.727. The molecule has 0 bridgehead atoms. The minimum atomic E-state index is -1.09. The molecule has 0 saturated carbocycles. The molecule has 0 aliphatic rings. The minimum absolute atomic E-state index is 0.0284. The molecule has 0 aromatic carbocycles. The average molecular weight is 733 g/mol. The Labute approximate surface area is 317 Å². The van der Waals surface area contributed by atoms with Crippen molar-refractivity contribution >= 4 is 11.9 Å². The largest absolute Gasteiger partial charge is 0.463 e. The molecule has 0 spiro atoms. The Balaban J connectivity index is 3.74. The molecule has 4 N–H and O–H groups in total. The van der Waals surface area contributed by atoms with Gasteiger partial charge in [0.2, 0.25) is 0 Å². The van der Waals surface area contributed by atoms with Crippen LogP contribution >= 0.6 is 0 Å². The lowest BCUT2D eigenvalue weighted by atomic mass is 10.0. The van der Waals surface area contributed by atoms with Crippen LogP contribution in [0.15, 0.2) is 60.8 Å². The Kier molecular flexibility index (Phi) is 35.0. The first-order chi connectivity index (χ1) is 25.1. The first kappa shape index (κ1) is 49.5. The zero-order chi connectivity index (χ0) is 38.5. The lowest BCUT2D eigenvalue weighted by Gasteiger charge is -2.14. The monoisotopic (exact) mass is 733 g/mol. The van der Waals surface area contributed by atoms with Gasteiger partial charge in [-0.05, 0) is 38.0 Å². The van der Waals surface area contributed by atoms with Crippen molar-refractivity contribution in [3.05, 3.63) is 60.8 Å². The number of aliphatic hydroxyl groups is 4. The van der Waals surface area contributed by atoms with E-state index in [1.54, 1.807) is 42.5 Å². The zero-order valence-electron chi connectivity index (χ0n) is 33.1. The molecule has 8 nitrogen and oxygen atoms in total.